The van der Waals surface area contributed by atoms with Crippen LogP contribution in [0.1, 0.15) is 39.2 Å². The number of nitrogens with zero attached hydrogens (tertiary/aromatic N) is 1. The summed E-state index contributed by atoms with van der Waals surface area (Å²) in [6, 6.07) is 11.8. The maximum atomic E-state index is 5.96. The van der Waals surface area contributed by atoms with E-state index in [1.807, 2.05) is 0 Å². The van der Waals surface area contributed by atoms with Crippen molar-refractivity contribution in [3.63, 3.8) is 0 Å². The monoisotopic (exact) mass is 262 g/mol. The Kier molecular flexibility index (Phi) is 7.11. The Labute approximate surface area is 119 Å². The zero-order valence-corrected chi connectivity index (χ0v) is 13.0. The first kappa shape index (κ1) is 16.2. The molecule has 108 valence electrons. The highest BCUT2D eigenvalue weighted by Gasteiger charge is 2.19. The summed E-state index contributed by atoms with van der Waals surface area (Å²) in [7, 11) is 2.22. The third-order valence-electron chi connectivity index (χ3n) is 3.96. The smallest absolute Gasteiger partial charge is 0.0221 e. The zero-order chi connectivity index (χ0) is 14.3. The van der Waals surface area contributed by atoms with Gasteiger partial charge in [0.2, 0.25) is 0 Å². The Balaban J connectivity index is 2.48. The van der Waals surface area contributed by atoms with Crippen LogP contribution in [0.25, 0.3) is 0 Å². The van der Waals surface area contributed by atoms with Crippen LogP contribution in [-0.4, -0.2) is 30.6 Å². The van der Waals surface area contributed by atoms with E-state index in [1.54, 1.807) is 0 Å². The second kappa shape index (κ2) is 8.34. The fourth-order valence-electron chi connectivity index (χ4n) is 2.67. The number of hydrogen-bond donors (Lipinski definition) is 1. The van der Waals surface area contributed by atoms with Crippen LogP contribution >= 0.6 is 0 Å². The normalized spacial score (nSPS) is 14.9. The number of nitrogens with two attached hydrogens (primary N) is 1. The van der Waals surface area contributed by atoms with E-state index in [1.165, 1.54) is 12.0 Å². The molecule has 0 heterocycles. The molecule has 2 N–H and O–H groups in total. The molecule has 2 nitrogen and oxygen atoms in total. The van der Waals surface area contributed by atoms with Crippen molar-refractivity contribution in [1.82, 2.24) is 4.90 Å². The van der Waals surface area contributed by atoms with Gasteiger partial charge in [0.15, 0.2) is 0 Å². The molecule has 0 spiro atoms. The summed E-state index contributed by atoms with van der Waals surface area (Å²) >= 11 is 0. The molecule has 0 aliphatic carbocycles. The van der Waals surface area contributed by atoms with E-state index in [4.69, 9.17) is 5.73 Å². The quantitative estimate of drug-likeness (QED) is 0.779. The molecule has 0 radical (unpaired) electrons. The van der Waals surface area contributed by atoms with Crippen LogP contribution in [0.2, 0.25) is 0 Å². The minimum Gasteiger partial charge on any atom is -0.329 e. The van der Waals surface area contributed by atoms with Gasteiger partial charge in [-0.3, -0.25) is 4.90 Å². The van der Waals surface area contributed by atoms with Crippen molar-refractivity contribution in [3.05, 3.63) is 35.9 Å². The number of hydrogen-bond acceptors (Lipinski definition) is 2. The van der Waals surface area contributed by atoms with E-state index in [2.05, 4.69) is 63.1 Å². The molecule has 0 aliphatic heterocycles. The molecule has 2 unspecified atom stereocenters. The molecular formula is C17H30N2. The molecule has 2 heteroatoms. The lowest BCUT2D eigenvalue weighted by molar-refractivity contribution is 0.161. The maximum absolute atomic E-state index is 5.96. The van der Waals surface area contributed by atoms with Gasteiger partial charge in [0.25, 0.3) is 0 Å². The molecule has 1 rings (SSSR count). The molecule has 2 atom stereocenters. The Hall–Kier alpha value is -0.860. The van der Waals surface area contributed by atoms with Gasteiger partial charge in [-0.15, -0.1) is 0 Å². The van der Waals surface area contributed by atoms with Gasteiger partial charge in [-0.25, -0.2) is 0 Å². The van der Waals surface area contributed by atoms with Gasteiger partial charge in [-0.05, 0) is 44.7 Å². The predicted octanol–water partition coefficient (Wildman–Crippen LogP) is 3.31. The van der Waals surface area contributed by atoms with Crippen LogP contribution in [0.4, 0.5) is 0 Å². The number of likely N-dealkylation sites (N-methyl/N-ethyl adjacent to an activating group) is 1. The lowest BCUT2D eigenvalue weighted by Crippen LogP contribution is -2.43. The zero-order valence-electron chi connectivity index (χ0n) is 13.0. The van der Waals surface area contributed by atoms with E-state index in [-0.39, 0.29) is 0 Å². The van der Waals surface area contributed by atoms with Gasteiger partial charge < -0.3 is 5.73 Å². The van der Waals surface area contributed by atoms with Crippen molar-refractivity contribution in [3.8, 4) is 0 Å². The van der Waals surface area contributed by atoms with Gasteiger partial charge in [-0.2, -0.15) is 0 Å². The first-order valence-corrected chi connectivity index (χ1v) is 7.50. The Morgan fingerprint density at radius 3 is 2.26 bits per heavy atom. The van der Waals surface area contributed by atoms with E-state index < -0.39 is 0 Å². The summed E-state index contributed by atoms with van der Waals surface area (Å²) in [5.74, 6) is 0.741. The molecule has 0 bridgehead atoms. The third kappa shape index (κ3) is 5.75. The molecule has 1 aromatic rings. The molecule has 1 aromatic carbocycles. The lowest BCUT2D eigenvalue weighted by Gasteiger charge is -2.33. The first-order chi connectivity index (χ1) is 9.04. The van der Waals surface area contributed by atoms with Gasteiger partial charge in [-0.1, -0.05) is 44.2 Å². The van der Waals surface area contributed by atoms with Crippen molar-refractivity contribution >= 4 is 0 Å². The van der Waals surface area contributed by atoms with Gasteiger partial charge in [0.05, 0.1) is 0 Å². The summed E-state index contributed by atoms with van der Waals surface area (Å²) in [5.41, 5.74) is 7.37. The highest BCUT2D eigenvalue weighted by molar-refractivity contribution is 5.14. The first-order valence-electron chi connectivity index (χ1n) is 7.50. The fraction of sp³-hybridized carbons (Fsp3) is 0.647. The SMILES string of the molecule is CC(C)CC(C)N(C)C(CN)CCc1ccccc1. The van der Waals surface area contributed by atoms with Crippen LogP contribution in [0.3, 0.4) is 0 Å². The molecule has 0 fully saturated rings. The average Bonchev–Trinajstić information content (AvgIpc) is 2.39. The minimum atomic E-state index is 0.481. The second-order valence-electron chi connectivity index (χ2n) is 6.06. The van der Waals surface area contributed by atoms with Crippen LogP contribution in [0.5, 0.6) is 0 Å². The lowest BCUT2D eigenvalue weighted by atomic mass is 10.00. The molecule has 19 heavy (non-hydrogen) atoms. The summed E-state index contributed by atoms with van der Waals surface area (Å²) < 4.78 is 0. The Morgan fingerprint density at radius 2 is 1.74 bits per heavy atom. The number of aryl methyl sites for hydroxylation is 1. The van der Waals surface area contributed by atoms with Crippen LogP contribution < -0.4 is 5.73 Å². The minimum absolute atomic E-state index is 0.481. The van der Waals surface area contributed by atoms with Crippen LogP contribution in [0.15, 0.2) is 30.3 Å². The van der Waals surface area contributed by atoms with Crippen molar-refractivity contribution in [2.24, 2.45) is 11.7 Å². The Bertz CT molecular complexity index is 334. The van der Waals surface area contributed by atoms with Gasteiger partial charge >= 0.3 is 0 Å². The summed E-state index contributed by atoms with van der Waals surface area (Å²) in [5, 5.41) is 0. The van der Waals surface area contributed by atoms with Gasteiger partial charge in [0.1, 0.15) is 0 Å². The summed E-state index contributed by atoms with van der Waals surface area (Å²) in [6.07, 6.45) is 3.49. The van der Waals surface area contributed by atoms with E-state index in [9.17, 15) is 0 Å². The van der Waals surface area contributed by atoms with Gasteiger partial charge in [0, 0.05) is 18.6 Å². The fourth-order valence-corrected chi connectivity index (χ4v) is 2.67. The average molecular weight is 262 g/mol. The van der Waals surface area contributed by atoms with E-state index in [0.717, 1.165) is 25.3 Å². The second-order valence-corrected chi connectivity index (χ2v) is 6.06. The largest absolute Gasteiger partial charge is 0.329 e. The predicted molar refractivity (Wildman–Crippen MR) is 84.3 cm³/mol. The standard InChI is InChI=1S/C17H30N2/c1-14(2)12-15(3)19(4)17(13-18)11-10-16-8-6-5-7-9-16/h5-9,14-15,17H,10-13,18H2,1-4H3. The highest BCUT2D eigenvalue weighted by atomic mass is 15.2. The summed E-state index contributed by atoms with van der Waals surface area (Å²) in [4.78, 5) is 2.46. The molecule has 0 saturated carbocycles. The third-order valence-corrected chi connectivity index (χ3v) is 3.96. The van der Waals surface area contributed by atoms with Crippen LogP contribution in [0, 0.1) is 5.92 Å². The molecule has 0 saturated heterocycles. The molecule has 0 aromatic heterocycles. The Morgan fingerprint density at radius 1 is 1.11 bits per heavy atom. The highest BCUT2D eigenvalue weighted by Crippen LogP contribution is 2.15. The number of rotatable bonds is 8. The molecule has 0 aliphatic rings. The molecular weight excluding hydrogens is 232 g/mol. The van der Waals surface area contributed by atoms with E-state index in [0.29, 0.717) is 12.1 Å². The van der Waals surface area contributed by atoms with E-state index >= 15 is 0 Å². The van der Waals surface area contributed by atoms with Crippen molar-refractivity contribution < 1.29 is 0 Å². The maximum Gasteiger partial charge on any atom is 0.0221 e. The molecule has 0 amide bonds. The topological polar surface area (TPSA) is 29.3 Å². The number of benzene rings is 1. The van der Waals surface area contributed by atoms with Crippen LogP contribution in [-0.2, 0) is 6.42 Å². The summed E-state index contributed by atoms with van der Waals surface area (Å²) in [6.45, 7) is 7.62. The van der Waals surface area contributed by atoms with Crippen molar-refractivity contribution in [2.45, 2.75) is 52.1 Å². The van der Waals surface area contributed by atoms with Crippen molar-refractivity contribution in [2.75, 3.05) is 13.6 Å². The van der Waals surface area contributed by atoms with Crippen molar-refractivity contribution in [1.29, 1.82) is 0 Å².